The molecule has 0 radical (unpaired) electrons. The molecule has 15 nitrogen and oxygen atoms in total. The van der Waals surface area contributed by atoms with Crippen LogP contribution < -0.4 is 47.8 Å². The minimum atomic E-state index is -1.42. The highest BCUT2D eigenvalue weighted by Crippen LogP contribution is 2.39. The molecule has 16 aromatic rings. The molecule has 0 spiro atoms. The summed E-state index contributed by atoms with van der Waals surface area (Å²) >= 11 is 0. The van der Waals surface area contributed by atoms with Gasteiger partial charge in [0.05, 0.1) is 50.7 Å². The maximum atomic E-state index is 9.92. The van der Waals surface area contributed by atoms with Gasteiger partial charge in [-0.3, -0.25) is 0 Å². The van der Waals surface area contributed by atoms with Crippen molar-refractivity contribution in [2.24, 2.45) is 0 Å². The second kappa shape index (κ2) is 50.7. The van der Waals surface area contributed by atoms with Crippen molar-refractivity contribution in [3.05, 3.63) is 388 Å². The molecular weight excluding hydrogens is 1510 g/mol. The molecular formula is C103H106O15Si. The fraction of sp³-hybridized carbons (Fsp3) is 0.126. The molecule has 0 bridgehead atoms. The summed E-state index contributed by atoms with van der Waals surface area (Å²) in [5.41, 5.74) is 5.26. The van der Waals surface area contributed by atoms with Gasteiger partial charge in [-0.25, -0.2) is 0 Å². The summed E-state index contributed by atoms with van der Waals surface area (Å²) in [6, 6.07) is 125. The van der Waals surface area contributed by atoms with Crippen LogP contribution in [0.2, 0.25) is 18.1 Å². The zero-order valence-electron chi connectivity index (χ0n) is 67.9. The van der Waals surface area contributed by atoms with Crippen LogP contribution in [-0.4, -0.2) is 76.3 Å². The number of furan rings is 1. The van der Waals surface area contributed by atoms with Crippen LogP contribution in [0.25, 0.3) is 44.2 Å². The SMILES string of the molecule is C.CC[Si](CC)(CC)c1ccccc1Oc1ccccc1.COc1cccc(-c2ccccc2)c1O.COc1cccc(-c2ccccc2O)c1.COc1cccc2c1oc1ccccc12.COc1ccccc1.COc1ccccc1O.COc1ccccc1Oc1ccccc1.Oc1ccccc1.Oc1ccccc1Oc1ccccc1. The van der Waals surface area contributed by atoms with Crippen molar-refractivity contribution < 1.29 is 72.6 Å². The zero-order chi connectivity index (χ0) is 84.0. The van der Waals surface area contributed by atoms with E-state index in [1.54, 1.807) is 120 Å². The molecule has 119 heavy (non-hydrogen) atoms. The second-order valence-electron chi connectivity index (χ2n) is 25.6. The Balaban J connectivity index is 0.000000187. The van der Waals surface area contributed by atoms with Crippen molar-refractivity contribution in [3.8, 4) is 120 Å². The maximum Gasteiger partial charge on any atom is 0.177 e. The highest BCUT2D eigenvalue weighted by atomic mass is 28.3. The molecule has 0 aliphatic rings. The number of phenols is 5. The fourth-order valence-corrected chi connectivity index (χ4v) is 15.7. The summed E-state index contributed by atoms with van der Waals surface area (Å²) in [6.45, 7) is 7.00. The van der Waals surface area contributed by atoms with Gasteiger partial charge in [-0.15, -0.1) is 0 Å². The Bertz CT molecular complexity index is 5470. The number of hydrogen-bond donors (Lipinski definition) is 5. The molecule has 0 amide bonds. The van der Waals surface area contributed by atoms with Crippen molar-refractivity contribution >= 4 is 35.2 Å². The van der Waals surface area contributed by atoms with Crippen LogP contribution in [0.3, 0.4) is 0 Å². The molecule has 0 atom stereocenters. The smallest absolute Gasteiger partial charge is 0.177 e. The molecule has 0 saturated carbocycles. The molecule has 0 saturated heterocycles. The van der Waals surface area contributed by atoms with Gasteiger partial charge < -0.3 is 72.6 Å². The summed E-state index contributed by atoms with van der Waals surface area (Å²) in [6.07, 6.45) is 0. The average molecular weight is 1610 g/mol. The fourth-order valence-electron chi connectivity index (χ4n) is 12.0. The Hall–Kier alpha value is -14.5. The van der Waals surface area contributed by atoms with Gasteiger partial charge in [0.2, 0.25) is 0 Å². The van der Waals surface area contributed by atoms with E-state index >= 15 is 0 Å². The first-order valence-corrected chi connectivity index (χ1v) is 41.0. The van der Waals surface area contributed by atoms with Crippen LogP contribution in [0.1, 0.15) is 28.2 Å². The van der Waals surface area contributed by atoms with E-state index in [0.717, 1.165) is 90.2 Å². The lowest BCUT2D eigenvalue weighted by molar-refractivity contribution is 0.373. The van der Waals surface area contributed by atoms with E-state index in [0.29, 0.717) is 28.7 Å². The third kappa shape index (κ3) is 28.8. The normalized spacial score (nSPS) is 9.92. The molecule has 612 valence electrons. The van der Waals surface area contributed by atoms with Gasteiger partial charge in [-0.1, -0.05) is 295 Å². The number of aromatic hydroxyl groups is 5. The Kier molecular flexibility index (Phi) is 39.1. The molecule has 15 aromatic carbocycles. The molecule has 5 N–H and O–H groups in total. The van der Waals surface area contributed by atoms with E-state index in [1.807, 2.05) is 273 Å². The van der Waals surface area contributed by atoms with E-state index in [-0.39, 0.29) is 30.4 Å². The molecule has 1 heterocycles. The van der Waals surface area contributed by atoms with Crippen LogP contribution in [0.5, 0.6) is 97.7 Å². The first-order chi connectivity index (χ1) is 57.7. The largest absolute Gasteiger partial charge is 0.508 e. The quantitative estimate of drug-likeness (QED) is 0.0508. The van der Waals surface area contributed by atoms with Crippen molar-refractivity contribution in [2.75, 3.05) is 42.7 Å². The Morgan fingerprint density at radius 2 is 0.613 bits per heavy atom. The van der Waals surface area contributed by atoms with E-state index in [9.17, 15) is 15.3 Å². The van der Waals surface area contributed by atoms with Gasteiger partial charge in [0.15, 0.2) is 57.3 Å². The number of para-hydroxylation sites is 16. The van der Waals surface area contributed by atoms with Gasteiger partial charge in [0.1, 0.15) is 51.6 Å². The Morgan fingerprint density at radius 1 is 0.261 bits per heavy atom. The Labute approximate surface area is 701 Å². The van der Waals surface area contributed by atoms with E-state index in [4.69, 9.17) is 57.3 Å². The first kappa shape index (κ1) is 91.7. The van der Waals surface area contributed by atoms with Crippen LogP contribution in [0.4, 0.5) is 0 Å². The van der Waals surface area contributed by atoms with Gasteiger partial charge in [-0.2, -0.15) is 0 Å². The number of benzene rings is 15. The monoisotopic (exact) mass is 1610 g/mol. The number of hydrogen-bond acceptors (Lipinski definition) is 15. The van der Waals surface area contributed by atoms with Crippen LogP contribution in [-0.2, 0) is 0 Å². The van der Waals surface area contributed by atoms with Crippen LogP contribution in [0, 0.1) is 0 Å². The number of ether oxygens (including phenoxy) is 9. The topological polar surface area (TPSA) is 197 Å². The van der Waals surface area contributed by atoms with Crippen molar-refractivity contribution in [2.45, 2.75) is 46.3 Å². The highest BCUT2D eigenvalue weighted by molar-refractivity contribution is 6.92. The van der Waals surface area contributed by atoms with E-state index in [2.05, 4.69) is 51.1 Å². The number of methoxy groups -OCH3 is 6. The summed E-state index contributed by atoms with van der Waals surface area (Å²) in [4.78, 5) is 0. The molecule has 16 rings (SSSR count). The highest BCUT2D eigenvalue weighted by Gasteiger charge is 2.32. The number of rotatable bonds is 18. The molecule has 1 aromatic heterocycles. The molecule has 16 heteroatoms. The first-order valence-electron chi connectivity index (χ1n) is 38.3. The average Bonchev–Trinajstić information content (AvgIpc) is 1.30. The van der Waals surface area contributed by atoms with Gasteiger partial charge in [-0.05, 0) is 156 Å². The lowest BCUT2D eigenvalue weighted by Gasteiger charge is -2.30. The molecule has 0 fully saturated rings. The minimum Gasteiger partial charge on any atom is -0.508 e. The van der Waals surface area contributed by atoms with E-state index in [1.165, 1.54) is 30.4 Å². The Morgan fingerprint density at radius 3 is 1.09 bits per heavy atom. The molecule has 0 unspecified atom stereocenters. The van der Waals surface area contributed by atoms with Crippen molar-refractivity contribution in [3.63, 3.8) is 0 Å². The predicted molar refractivity (Wildman–Crippen MR) is 487 cm³/mol. The lowest BCUT2D eigenvalue weighted by Crippen LogP contribution is -2.46. The van der Waals surface area contributed by atoms with Crippen molar-refractivity contribution in [1.82, 2.24) is 0 Å². The van der Waals surface area contributed by atoms with Crippen LogP contribution in [0.15, 0.2) is 393 Å². The third-order valence-corrected chi connectivity index (χ3v) is 23.9. The third-order valence-electron chi connectivity index (χ3n) is 18.3. The second-order valence-corrected chi connectivity index (χ2v) is 30.9. The maximum absolute atomic E-state index is 9.92. The zero-order valence-corrected chi connectivity index (χ0v) is 68.9. The summed E-state index contributed by atoms with van der Waals surface area (Å²) in [5, 5.41) is 50.4. The molecule has 0 aliphatic carbocycles. The summed E-state index contributed by atoms with van der Waals surface area (Å²) in [5.74, 6) is 10.0. The van der Waals surface area contributed by atoms with Crippen molar-refractivity contribution in [1.29, 1.82) is 0 Å². The van der Waals surface area contributed by atoms with E-state index < -0.39 is 8.07 Å². The number of fused-ring (bicyclic) bond motifs is 3. The summed E-state index contributed by atoms with van der Waals surface area (Å²) < 4.78 is 53.4. The minimum absolute atomic E-state index is 0. The lowest BCUT2D eigenvalue weighted by atomic mass is 10.0. The standard InChI is InChI=1S/C18H24OSi.C13H10O2.3C13H12O2.C12H10O2.C7H8O2.C7H8O.C6H6O.CH4/c1-4-20(5-2,6-3)18-15-11-10-14-17(18)19-16-12-8-7-9-13-16;1-14-12-8-4-6-10-9-5-2-3-7-11(9)15-13(10)12;1-15-11-6-4-5-10(9-11)12-7-2-3-8-13(12)14;1-14-12-9-5-6-10-13(12)15-11-7-3-2-4-8-11;1-15-12-9-5-8-11(13(12)14)10-6-3-2-4-7-10;13-11-8-4-5-9-12(11)14-10-6-2-1-3-7-10;1-9-7-5-3-2-4-6(7)8;1-8-7-5-3-2-4-6-7;7-6-4-2-1-3-5-6;/h7-15H,4-6H2,1-3H3;2-8H,1H3;2-9,14H,1H3;2-10H,1H3;2-9,14H,1H3;1-9,13H;2-5,8H,1H3;2-6H,1H3;1-5,7H;1H4. The van der Waals surface area contributed by atoms with Gasteiger partial charge in [0, 0.05) is 21.9 Å². The van der Waals surface area contributed by atoms with Crippen LogP contribution >= 0.6 is 0 Å². The predicted octanol–water partition coefficient (Wildman–Crippen LogP) is 26.7. The number of phenolic OH excluding ortho intramolecular Hbond substituents is 5. The van der Waals surface area contributed by atoms with Gasteiger partial charge in [0.25, 0.3) is 0 Å². The molecule has 0 aliphatic heterocycles. The van der Waals surface area contributed by atoms with Gasteiger partial charge >= 0.3 is 0 Å². The summed E-state index contributed by atoms with van der Waals surface area (Å²) in [7, 11) is 8.23.